The minimum atomic E-state index is 0.0579. The van der Waals surface area contributed by atoms with E-state index in [1.807, 2.05) is 36.2 Å². The third kappa shape index (κ3) is 3.77. The van der Waals surface area contributed by atoms with E-state index in [2.05, 4.69) is 31.5 Å². The first kappa shape index (κ1) is 16.1. The highest BCUT2D eigenvalue weighted by molar-refractivity contribution is 9.10. The molecule has 2 aromatic rings. The molecule has 1 fully saturated rings. The summed E-state index contributed by atoms with van der Waals surface area (Å²) in [6, 6.07) is 8.08. The highest BCUT2D eigenvalue weighted by Gasteiger charge is 2.23. The van der Waals surface area contributed by atoms with Gasteiger partial charge in [0.2, 0.25) is 5.91 Å². The average molecular weight is 378 g/mol. The molecule has 1 aromatic carbocycles. The van der Waals surface area contributed by atoms with Crippen molar-refractivity contribution in [2.75, 3.05) is 7.05 Å². The third-order valence-electron chi connectivity index (χ3n) is 4.44. The Morgan fingerprint density at radius 3 is 2.65 bits per heavy atom. The van der Waals surface area contributed by atoms with E-state index in [1.54, 1.807) is 4.68 Å². The van der Waals surface area contributed by atoms with Crippen LogP contribution >= 0.6 is 15.9 Å². The van der Waals surface area contributed by atoms with E-state index in [4.69, 9.17) is 0 Å². The Hall–Kier alpha value is -1.76. The van der Waals surface area contributed by atoms with Gasteiger partial charge in [0.15, 0.2) is 5.82 Å². The molecule has 1 aliphatic carbocycles. The van der Waals surface area contributed by atoms with Crippen LogP contribution in [0.25, 0.3) is 11.4 Å². The van der Waals surface area contributed by atoms with E-state index in [-0.39, 0.29) is 12.5 Å². The first-order valence-electron chi connectivity index (χ1n) is 7.93. The largest absolute Gasteiger partial charge is 0.341 e. The maximum atomic E-state index is 12.5. The minimum absolute atomic E-state index is 0.0579. The van der Waals surface area contributed by atoms with Crippen molar-refractivity contribution in [1.29, 1.82) is 0 Å². The lowest BCUT2D eigenvalue weighted by Crippen LogP contribution is -2.40. The van der Waals surface area contributed by atoms with Gasteiger partial charge < -0.3 is 4.90 Å². The van der Waals surface area contributed by atoms with Gasteiger partial charge in [0.05, 0.1) is 0 Å². The van der Waals surface area contributed by atoms with Crippen molar-refractivity contribution >= 4 is 21.8 Å². The van der Waals surface area contributed by atoms with Crippen LogP contribution in [0.2, 0.25) is 0 Å². The molecule has 1 aromatic heterocycles. The van der Waals surface area contributed by atoms with Gasteiger partial charge >= 0.3 is 0 Å². The Bertz CT molecular complexity index is 663. The molecule has 0 radical (unpaired) electrons. The van der Waals surface area contributed by atoms with Crippen LogP contribution in [0, 0.1) is 0 Å². The molecule has 23 heavy (non-hydrogen) atoms. The lowest BCUT2D eigenvalue weighted by molar-refractivity contribution is -0.133. The van der Waals surface area contributed by atoms with Crippen LogP contribution in [0.1, 0.15) is 32.1 Å². The molecule has 3 rings (SSSR count). The Morgan fingerprint density at radius 2 is 1.96 bits per heavy atom. The number of halogens is 1. The van der Waals surface area contributed by atoms with Crippen LogP contribution in [-0.2, 0) is 11.3 Å². The predicted octanol–water partition coefficient (Wildman–Crippen LogP) is 2.89. The summed E-state index contributed by atoms with van der Waals surface area (Å²) in [6.45, 7) is 0.172. The number of hydrogen-bond acceptors (Lipinski definition) is 4. The number of hydrogen-bond donors (Lipinski definition) is 0. The quantitative estimate of drug-likeness (QED) is 0.821. The molecular formula is C16H20BrN5O. The summed E-state index contributed by atoms with van der Waals surface area (Å²) in [5.74, 6) is 0.672. The van der Waals surface area contributed by atoms with Gasteiger partial charge in [-0.25, -0.2) is 4.68 Å². The maximum Gasteiger partial charge on any atom is 0.244 e. The highest BCUT2D eigenvalue weighted by Crippen LogP contribution is 2.22. The van der Waals surface area contributed by atoms with Crippen LogP contribution in [0.4, 0.5) is 0 Å². The first-order valence-corrected chi connectivity index (χ1v) is 8.72. The standard InChI is InChI=1S/C16H20BrN5O/c1-21(14-5-3-2-4-6-14)15(23)11-22-16(18-19-20-22)12-7-9-13(17)10-8-12/h7-10,14H,2-6,11H2,1H3. The highest BCUT2D eigenvalue weighted by atomic mass is 79.9. The van der Waals surface area contributed by atoms with Crippen LogP contribution < -0.4 is 0 Å². The van der Waals surface area contributed by atoms with Crippen LogP contribution in [0.15, 0.2) is 28.7 Å². The van der Waals surface area contributed by atoms with Crippen molar-refractivity contribution in [3.05, 3.63) is 28.7 Å². The molecule has 1 saturated carbocycles. The molecule has 122 valence electrons. The Morgan fingerprint density at radius 1 is 1.26 bits per heavy atom. The summed E-state index contributed by atoms with van der Waals surface area (Å²) >= 11 is 3.41. The van der Waals surface area contributed by atoms with Crippen molar-refractivity contribution < 1.29 is 4.79 Å². The van der Waals surface area contributed by atoms with Crippen molar-refractivity contribution in [3.63, 3.8) is 0 Å². The normalized spacial score (nSPS) is 15.6. The van der Waals surface area contributed by atoms with Crippen LogP contribution in [-0.4, -0.2) is 44.1 Å². The first-order chi connectivity index (χ1) is 11.1. The number of nitrogens with zero attached hydrogens (tertiary/aromatic N) is 5. The zero-order valence-electron chi connectivity index (χ0n) is 13.2. The van der Waals surface area contributed by atoms with Gasteiger partial charge in [-0.2, -0.15) is 0 Å². The topological polar surface area (TPSA) is 63.9 Å². The number of aromatic nitrogens is 4. The van der Waals surface area contributed by atoms with Crippen molar-refractivity contribution in [3.8, 4) is 11.4 Å². The van der Waals surface area contributed by atoms with Crippen LogP contribution in [0.5, 0.6) is 0 Å². The fraction of sp³-hybridized carbons (Fsp3) is 0.500. The van der Waals surface area contributed by atoms with E-state index >= 15 is 0 Å². The number of benzene rings is 1. The molecule has 0 N–H and O–H groups in total. The predicted molar refractivity (Wildman–Crippen MR) is 90.6 cm³/mol. The van der Waals surface area contributed by atoms with E-state index < -0.39 is 0 Å². The van der Waals surface area contributed by atoms with Gasteiger partial charge in [-0.15, -0.1) is 5.10 Å². The van der Waals surface area contributed by atoms with Gasteiger partial charge in [-0.05, 0) is 35.4 Å². The average Bonchev–Trinajstić information content (AvgIpc) is 3.03. The number of rotatable bonds is 4. The maximum absolute atomic E-state index is 12.5. The summed E-state index contributed by atoms with van der Waals surface area (Å²) in [5, 5.41) is 11.8. The zero-order chi connectivity index (χ0) is 16.2. The van der Waals surface area contributed by atoms with E-state index in [0.29, 0.717) is 11.9 Å². The van der Waals surface area contributed by atoms with Crippen LogP contribution in [0.3, 0.4) is 0 Å². The molecule has 0 atom stereocenters. The molecule has 1 aliphatic rings. The summed E-state index contributed by atoms with van der Waals surface area (Å²) in [4.78, 5) is 14.4. The number of tetrazole rings is 1. The molecule has 0 bridgehead atoms. The Kier molecular flexibility index (Phi) is 5.05. The number of carbonyl (C=O) groups is 1. The molecule has 6 nitrogen and oxygen atoms in total. The fourth-order valence-electron chi connectivity index (χ4n) is 3.03. The zero-order valence-corrected chi connectivity index (χ0v) is 14.7. The summed E-state index contributed by atoms with van der Waals surface area (Å²) in [7, 11) is 1.89. The van der Waals surface area contributed by atoms with Crippen molar-refractivity contribution in [1.82, 2.24) is 25.1 Å². The molecule has 1 heterocycles. The van der Waals surface area contributed by atoms with Gasteiger partial charge in [-0.3, -0.25) is 4.79 Å². The number of carbonyl (C=O) groups excluding carboxylic acids is 1. The van der Waals surface area contributed by atoms with E-state index in [1.165, 1.54) is 19.3 Å². The summed E-state index contributed by atoms with van der Waals surface area (Å²) in [6.07, 6.45) is 5.88. The molecule has 0 spiro atoms. The van der Waals surface area contributed by atoms with Crippen molar-refractivity contribution in [2.24, 2.45) is 0 Å². The smallest absolute Gasteiger partial charge is 0.244 e. The van der Waals surface area contributed by atoms with Crippen molar-refractivity contribution in [2.45, 2.75) is 44.7 Å². The molecule has 0 saturated heterocycles. The molecule has 0 aliphatic heterocycles. The van der Waals surface area contributed by atoms with E-state index in [0.717, 1.165) is 22.9 Å². The third-order valence-corrected chi connectivity index (χ3v) is 4.96. The number of amides is 1. The van der Waals surface area contributed by atoms with Gasteiger partial charge in [0.1, 0.15) is 6.54 Å². The summed E-state index contributed by atoms with van der Waals surface area (Å²) < 4.78 is 2.57. The Labute approximate surface area is 144 Å². The van der Waals surface area contributed by atoms with Gasteiger partial charge in [0.25, 0.3) is 0 Å². The second-order valence-corrected chi connectivity index (χ2v) is 6.88. The van der Waals surface area contributed by atoms with E-state index in [9.17, 15) is 4.79 Å². The second kappa shape index (κ2) is 7.21. The second-order valence-electron chi connectivity index (χ2n) is 5.96. The number of likely N-dealkylation sites (N-methyl/N-ethyl adjacent to an activating group) is 1. The lowest BCUT2D eigenvalue weighted by Gasteiger charge is -2.31. The molecule has 7 heteroatoms. The fourth-order valence-corrected chi connectivity index (χ4v) is 3.29. The lowest BCUT2D eigenvalue weighted by atomic mass is 9.94. The van der Waals surface area contributed by atoms with Gasteiger partial charge in [0, 0.05) is 23.1 Å². The Balaban J connectivity index is 1.72. The SMILES string of the molecule is CN(C(=O)Cn1nnnc1-c1ccc(Br)cc1)C1CCCCC1. The van der Waals surface area contributed by atoms with Gasteiger partial charge in [-0.1, -0.05) is 47.3 Å². The molecule has 1 amide bonds. The molecule has 0 unspecified atom stereocenters. The minimum Gasteiger partial charge on any atom is -0.341 e. The summed E-state index contributed by atoms with van der Waals surface area (Å²) in [5.41, 5.74) is 0.895. The monoisotopic (exact) mass is 377 g/mol. The molecular weight excluding hydrogens is 358 g/mol.